The van der Waals surface area contributed by atoms with E-state index in [1.54, 1.807) is 0 Å². The number of nitrogens with zero attached hydrogens (tertiary/aromatic N) is 4. The smallest absolute Gasteiger partial charge is 0.249 e. The van der Waals surface area contributed by atoms with Crippen LogP contribution < -0.4 is 5.73 Å². The third kappa shape index (κ3) is 5.57. The average molecular weight is 451 g/mol. The Balaban J connectivity index is 1.41. The van der Waals surface area contributed by atoms with Gasteiger partial charge in [0.2, 0.25) is 11.7 Å². The quantitative estimate of drug-likeness (QED) is 0.204. The van der Waals surface area contributed by atoms with Crippen molar-refractivity contribution in [3.05, 3.63) is 36.4 Å². The Kier molecular flexibility index (Phi) is 8.02. The minimum atomic E-state index is -0.108. The van der Waals surface area contributed by atoms with Gasteiger partial charge in [-0.15, -0.1) is 0 Å². The molecule has 3 aromatic rings. The minimum Gasteiger partial charge on any atom is -0.370 e. The fraction of sp³-hybridized carbons (Fsp3) is 0.577. The van der Waals surface area contributed by atoms with Gasteiger partial charge in [-0.05, 0) is 37.8 Å². The summed E-state index contributed by atoms with van der Waals surface area (Å²) < 4.78 is 8.00. The summed E-state index contributed by atoms with van der Waals surface area (Å²) in [5, 5.41) is 13.3. The molecule has 1 atom stereocenters. The molecule has 1 saturated heterocycles. The summed E-state index contributed by atoms with van der Waals surface area (Å²) in [6.45, 7) is 4.06. The Hall–Kier alpha value is -2.83. The van der Waals surface area contributed by atoms with E-state index in [9.17, 15) is 0 Å². The lowest BCUT2D eigenvalue weighted by molar-refractivity contribution is 0.192. The number of benzene rings is 1. The first-order chi connectivity index (χ1) is 16.2. The molecule has 4 rings (SSSR count). The van der Waals surface area contributed by atoms with Crippen molar-refractivity contribution >= 4 is 16.9 Å². The Bertz CT molecular complexity index is 1040. The van der Waals surface area contributed by atoms with E-state index in [0.29, 0.717) is 11.7 Å². The van der Waals surface area contributed by atoms with E-state index in [0.717, 1.165) is 43.3 Å². The van der Waals surface area contributed by atoms with Gasteiger partial charge in [0, 0.05) is 35.8 Å². The third-order valence-electron chi connectivity index (χ3n) is 6.85. The second-order valence-corrected chi connectivity index (χ2v) is 9.27. The molecule has 7 heteroatoms. The lowest BCUT2D eigenvalue weighted by Gasteiger charge is -2.33. The van der Waals surface area contributed by atoms with Crippen LogP contribution in [0, 0.1) is 5.41 Å². The number of hydrogen-bond donors (Lipinski definition) is 2. The van der Waals surface area contributed by atoms with E-state index in [1.807, 2.05) is 4.90 Å². The van der Waals surface area contributed by atoms with Crippen molar-refractivity contribution in [3.8, 4) is 11.4 Å². The summed E-state index contributed by atoms with van der Waals surface area (Å²) in [7, 11) is 0. The molecule has 3 N–H and O–H groups in total. The molecule has 1 aliphatic rings. The number of nitrogens with two attached hydrogens (primary N) is 1. The average Bonchev–Trinajstić information content (AvgIpc) is 3.48. The molecule has 0 saturated carbocycles. The summed E-state index contributed by atoms with van der Waals surface area (Å²) in [5.74, 6) is 1.23. The maximum Gasteiger partial charge on any atom is 0.249 e. The molecule has 1 unspecified atom stereocenters. The lowest BCUT2D eigenvalue weighted by Crippen LogP contribution is -2.42. The second-order valence-electron chi connectivity index (χ2n) is 9.27. The van der Waals surface area contributed by atoms with Gasteiger partial charge in [0.05, 0.1) is 0 Å². The molecule has 1 fully saturated rings. The van der Waals surface area contributed by atoms with E-state index >= 15 is 0 Å². The highest BCUT2D eigenvalue weighted by Gasteiger charge is 2.30. The topological polar surface area (TPSA) is 97.0 Å². The van der Waals surface area contributed by atoms with Crippen molar-refractivity contribution in [3.63, 3.8) is 0 Å². The van der Waals surface area contributed by atoms with E-state index in [4.69, 9.17) is 20.7 Å². The predicted molar refractivity (Wildman–Crippen MR) is 133 cm³/mol. The van der Waals surface area contributed by atoms with Crippen molar-refractivity contribution in [2.75, 3.05) is 6.54 Å². The summed E-state index contributed by atoms with van der Waals surface area (Å²) in [4.78, 5) is 6.60. The molecule has 1 aliphatic heterocycles. The van der Waals surface area contributed by atoms with Crippen molar-refractivity contribution < 1.29 is 4.52 Å². The number of fused-ring (bicyclic) bond motifs is 1. The molecule has 0 bridgehead atoms. The third-order valence-corrected chi connectivity index (χ3v) is 6.85. The molecule has 178 valence electrons. The fourth-order valence-electron chi connectivity index (χ4n) is 4.99. The van der Waals surface area contributed by atoms with Crippen LogP contribution in [0.1, 0.15) is 89.5 Å². The molecule has 3 heterocycles. The zero-order chi connectivity index (χ0) is 23.0. The van der Waals surface area contributed by atoms with Crippen LogP contribution in [0.25, 0.3) is 22.3 Å². The number of unbranched alkanes of at least 4 members (excludes halogenated alkanes) is 7. The van der Waals surface area contributed by atoms with Crippen LogP contribution in [-0.2, 0) is 6.54 Å². The molecule has 33 heavy (non-hydrogen) atoms. The highest BCUT2D eigenvalue weighted by atomic mass is 16.5. The highest BCUT2D eigenvalue weighted by molar-refractivity contribution is 5.93. The summed E-state index contributed by atoms with van der Waals surface area (Å²) >= 11 is 0. The molecule has 0 amide bonds. The van der Waals surface area contributed by atoms with Crippen LogP contribution in [0.4, 0.5) is 0 Å². The van der Waals surface area contributed by atoms with Crippen molar-refractivity contribution in [1.29, 1.82) is 5.41 Å². The first kappa shape index (κ1) is 23.3. The fourth-order valence-corrected chi connectivity index (χ4v) is 4.99. The minimum absolute atomic E-state index is 0.0691. The van der Waals surface area contributed by atoms with Gasteiger partial charge in [-0.1, -0.05) is 69.2 Å². The van der Waals surface area contributed by atoms with Gasteiger partial charge in [0.1, 0.15) is 6.04 Å². The first-order valence-electron chi connectivity index (χ1n) is 12.7. The van der Waals surface area contributed by atoms with Gasteiger partial charge in [-0.2, -0.15) is 4.98 Å². The summed E-state index contributed by atoms with van der Waals surface area (Å²) in [5.41, 5.74) is 7.99. The SMILES string of the molecule is CCCCCCCCCCn1ccc2c(-c3noc(C4CCCCN4C(=N)N)n3)cccc21. The molecule has 7 nitrogen and oxygen atoms in total. The number of guanidine groups is 1. The molecule has 2 aromatic heterocycles. The summed E-state index contributed by atoms with van der Waals surface area (Å²) in [6.07, 6.45) is 15.8. The number of rotatable bonds is 11. The number of hydrogen-bond acceptors (Lipinski definition) is 4. The Morgan fingerprint density at radius 3 is 2.67 bits per heavy atom. The highest BCUT2D eigenvalue weighted by Crippen LogP contribution is 2.33. The molecule has 0 aliphatic carbocycles. The molecule has 1 aromatic carbocycles. The van der Waals surface area contributed by atoms with Gasteiger partial charge >= 0.3 is 0 Å². The number of aromatic nitrogens is 3. The first-order valence-corrected chi connectivity index (χ1v) is 12.7. The van der Waals surface area contributed by atoms with Crippen LogP contribution in [-0.4, -0.2) is 32.1 Å². The lowest BCUT2D eigenvalue weighted by atomic mass is 10.0. The van der Waals surface area contributed by atoms with Crippen molar-refractivity contribution in [2.45, 2.75) is 90.1 Å². The van der Waals surface area contributed by atoms with Gasteiger partial charge in [-0.25, -0.2) is 0 Å². The standard InChI is InChI=1S/C26H38N6O/c1-2-3-4-5-6-7-8-10-17-31-19-16-20-21(13-12-15-22(20)31)24-29-25(33-30-24)23-14-9-11-18-32(23)26(27)28/h12-13,15-16,19,23H,2-11,14,17-18H2,1H3,(H3,27,28). The Morgan fingerprint density at radius 2 is 1.88 bits per heavy atom. The van der Waals surface area contributed by atoms with Crippen LogP contribution in [0.2, 0.25) is 0 Å². The molecular weight excluding hydrogens is 412 g/mol. The van der Waals surface area contributed by atoms with E-state index in [1.165, 1.54) is 56.9 Å². The van der Waals surface area contributed by atoms with E-state index in [-0.39, 0.29) is 12.0 Å². The van der Waals surface area contributed by atoms with Crippen LogP contribution >= 0.6 is 0 Å². The van der Waals surface area contributed by atoms with Crippen LogP contribution in [0.3, 0.4) is 0 Å². The predicted octanol–water partition coefficient (Wildman–Crippen LogP) is 6.25. The van der Waals surface area contributed by atoms with Gasteiger partial charge in [-0.3, -0.25) is 5.41 Å². The molecule has 0 spiro atoms. The zero-order valence-electron chi connectivity index (χ0n) is 19.9. The monoisotopic (exact) mass is 450 g/mol. The maximum absolute atomic E-state index is 7.88. The largest absolute Gasteiger partial charge is 0.370 e. The normalized spacial score (nSPS) is 16.5. The van der Waals surface area contributed by atoms with E-state index in [2.05, 4.69) is 47.1 Å². The molecule has 0 radical (unpaired) electrons. The Morgan fingerprint density at radius 1 is 1.09 bits per heavy atom. The van der Waals surface area contributed by atoms with E-state index < -0.39 is 0 Å². The van der Waals surface area contributed by atoms with Crippen LogP contribution in [0.15, 0.2) is 35.0 Å². The molecular formula is C26H38N6O. The van der Waals surface area contributed by atoms with Crippen molar-refractivity contribution in [2.24, 2.45) is 5.73 Å². The van der Waals surface area contributed by atoms with Crippen LogP contribution in [0.5, 0.6) is 0 Å². The van der Waals surface area contributed by atoms with Gasteiger partial charge < -0.3 is 19.7 Å². The Labute approximate surface area is 196 Å². The van der Waals surface area contributed by atoms with Gasteiger partial charge in [0.25, 0.3) is 0 Å². The second kappa shape index (κ2) is 11.3. The van der Waals surface area contributed by atoms with Gasteiger partial charge in [0.15, 0.2) is 5.96 Å². The number of aryl methyl sites for hydroxylation is 1. The number of piperidine rings is 1. The number of likely N-dealkylation sites (tertiary alicyclic amines) is 1. The van der Waals surface area contributed by atoms with Crippen molar-refractivity contribution in [1.82, 2.24) is 19.6 Å². The zero-order valence-corrected chi connectivity index (χ0v) is 19.9. The number of nitrogens with one attached hydrogen (secondary N) is 1. The maximum atomic E-state index is 7.88. The summed E-state index contributed by atoms with van der Waals surface area (Å²) in [6, 6.07) is 8.35.